The van der Waals surface area contributed by atoms with Crippen LogP contribution in [0.5, 0.6) is 23.0 Å². The molecule has 0 fully saturated rings. The average molecular weight is 515 g/mol. The summed E-state index contributed by atoms with van der Waals surface area (Å²) in [6.45, 7) is 0. The molecule has 1 aliphatic heterocycles. The third-order valence-corrected chi connectivity index (χ3v) is 8.78. The van der Waals surface area contributed by atoms with Crippen molar-refractivity contribution in [2.75, 3.05) is 0 Å². The molecule has 7 aromatic rings. The number of rotatable bonds is 0. The van der Waals surface area contributed by atoms with Crippen molar-refractivity contribution in [3.63, 3.8) is 0 Å². The number of phenolic OH excluding ortho intramolecular Hbond substituents is 2. The highest BCUT2D eigenvalue weighted by Crippen LogP contribution is 2.63. The number of ether oxygens (including phenoxy) is 1. The van der Waals surface area contributed by atoms with E-state index >= 15 is 0 Å². The van der Waals surface area contributed by atoms with E-state index in [2.05, 4.69) is 72.8 Å². The first-order valence-electron chi connectivity index (χ1n) is 13.5. The Morgan fingerprint density at radius 1 is 0.400 bits per heavy atom. The molecule has 0 amide bonds. The molecular weight excluding hydrogens is 492 g/mol. The van der Waals surface area contributed by atoms with E-state index in [4.69, 9.17) is 4.74 Å². The maximum absolute atomic E-state index is 10.2. The Hall–Kier alpha value is -5.28. The molecular formula is C37H22O3. The van der Waals surface area contributed by atoms with E-state index in [1.54, 1.807) is 24.3 Å². The summed E-state index contributed by atoms with van der Waals surface area (Å²) in [5, 5.41) is 26.8. The minimum atomic E-state index is -0.614. The van der Waals surface area contributed by atoms with E-state index in [0.29, 0.717) is 0 Å². The third-order valence-electron chi connectivity index (χ3n) is 8.78. The van der Waals surface area contributed by atoms with Gasteiger partial charge in [0, 0.05) is 11.1 Å². The largest absolute Gasteiger partial charge is 0.508 e. The first-order valence-corrected chi connectivity index (χ1v) is 13.5. The normalized spacial score (nSPS) is 14.1. The second-order valence-electron chi connectivity index (χ2n) is 10.9. The van der Waals surface area contributed by atoms with Gasteiger partial charge in [0.2, 0.25) is 0 Å². The Balaban J connectivity index is 1.50. The van der Waals surface area contributed by atoms with Crippen LogP contribution in [-0.4, -0.2) is 10.2 Å². The lowest BCUT2D eigenvalue weighted by Gasteiger charge is -2.40. The van der Waals surface area contributed by atoms with Gasteiger partial charge in [-0.1, -0.05) is 60.7 Å². The predicted molar refractivity (Wildman–Crippen MR) is 160 cm³/mol. The summed E-state index contributed by atoms with van der Waals surface area (Å²) in [5.41, 5.74) is 6.45. The van der Waals surface area contributed by atoms with Crippen LogP contribution in [0.4, 0.5) is 0 Å². The molecule has 2 aliphatic rings. The molecule has 0 atom stereocenters. The van der Waals surface area contributed by atoms with Gasteiger partial charge in [0.25, 0.3) is 0 Å². The fourth-order valence-electron chi connectivity index (χ4n) is 7.09. The van der Waals surface area contributed by atoms with Crippen molar-refractivity contribution in [1.29, 1.82) is 0 Å². The van der Waals surface area contributed by atoms with Gasteiger partial charge in [-0.3, -0.25) is 0 Å². The molecule has 0 aromatic heterocycles. The van der Waals surface area contributed by atoms with Crippen molar-refractivity contribution in [2.24, 2.45) is 0 Å². The van der Waals surface area contributed by atoms with Crippen molar-refractivity contribution >= 4 is 32.3 Å². The van der Waals surface area contributed by atoms with E-state index < -0.39 is 5.41 Å². The Morgan fingerprint density at radius 2 is 0.925 bits per heavy atom. The van der Waals surface area contributed by atoms with Gasteiger partial charge in [-0.15, -0.1) is 0 Å². The number of benzene rings is 7. The van der Waals surface area contributed by atoms with E-state index in [9.17, 15) is 10.2 Å². The maximum Gasteiger partial charge on any atom is 0.132 e. The van der Waals surface area contributed by atoms with Gasteiger partial charge in [-0.25, -0.2) is 0 Å². The SMILES string of the molecule is Oc1ccc2cc3c(cc2c1)Oc1cc2cc(O)ccc2cc1C31c2ccccc2-c2cc3ccccc3cc21. The Bertz CT molecular complexity index is 2140. The maximum atomic E-state index is 10.2. The average Bonchev–Trinajstić information content (AvgIpc) is 3.24. The zero-order chi connectivity index (χ0) is 26.6. The molecule has 3 heteroatoms. The summed E-state index contributed by atoms with van der Waals surface area (Å²) in [5.74, 6) is 1.98. The molecule has 9 rings (SSSR count). The molecule has 188 valence electrons. The first kappa shape index (κ1) is 21.6. The predicted octanol–water partition coefficient (Wildman–Crippen LogP) is 9.03. The quantitative estimate of drug-likeness (QED) is 0.212. The smallest absolute Gasteiger partial charge is 0.132 e. The van der Waals surface area contributed by atoms with Gasteiger partial charge >= 0.3 is 0 Å². The molecule has 2 N–H and O–H groups in total. The van der Waals surface area contributed by atoms with E-state index in [1.165, 1.54) is 33.0 Å². The zero-order valence-electron chi connectivity index (χ0n) is 21.3. The fourth-order valence-corrected chi connectivity index (χ4v) is 7.09. The number of phenols is 2. The summed E-state index contributed by atoms with van der Waals surface area (Å²) in [7, 11) is 0. The number of hydrogen-bond acceptors (Lipinski definition) is 3. The van der Waals surface area contributed by atoms with Gasteiger partial charge in [0.15, 0.2) is 0 Å². The third kappa shape index (κ3) is 2.69. The van der Waals surface area contributed by atoms with Crippen LogP contribution in [0.1, 0.15) is 22.3 Å². The lowest BCUT2D eigenvalue weighted by Crippen LogP contribution is -2.32. The van der Waals surface area contributed by atoms with Gasteiger partial charge < -0.3 is 14.9 Å². The first-order chi connectivity index (χ1) is 19.6. The van der Waals surface area contributed by atoms with Crippen molar-refractivity contribution in [3.05, 3.63) is 144 Å². The molecule has 40 heavy (non-hydrogen) atoms. The second kappa shape index (κ2) is 7.43. The molecule has 7 aromatic carbocycles. The molecule has 1 heterocycles. The van der Waals surface area contributed by atoms with Crippen LogP contribution in [0.2, 0.25) is 0 Å². The highest BCUT2D eigenvalue weighted by molar-refractivity contribution is 5.99. The fraction of sp³-hybridized carbons (Fsp3) is 0.0270. The van der Waals surface area contributed by atoms with E-state index in [-0.39, 0.29) is 11.5 Å². The monoisotopic (exact) mass is 514 g/mol. The number of fused-ring (bicyclic) bond motifs is 12. The van der Waals surface area contributed by atoms with Crippen LogP contribution >= 0.6 is 0 Å². The van der Waals surface area contributed by atoms with Crippen molar-refractivity contribution in [2.45, 2.75) is 5.41 Å². The zero-order valence-corrected chi connectivity index (χ0v) is 21.3. The minimum Gasteiger partial charge on any atom is -0.508 e. The van der Waals surface area contributed by atoms with Gasteiger partial charge in [-0.2, -0.15) is 0 Å². The van der Waals surface area contributed by atoms with E-state index in [1.807, 2.05) is 24.3 Å². The molecule has 0 bridgehead atoms. The van der Waals surface area contributed by atoms with Crippen LogP contribution < -0.4 is 4.74 Å². The topological polar surface area (TPSA) is 49.7 Å². The summed E-state index contributed by atoms with van der Waals surface area (Å²) < 4.78 is 6.71. The molecule has 0 radical (unpaired) electrons. The summed E-state index contributed by atoms with van der Waals surface area (Å²) in [6.07, 6.45) is 0. The summed E-state index contributed by atoms with van der Waals surface area (Å²) in [6, 6.07) is 41.5. The Labute approximate surface area is 230 Å². The standard InChI is InChI=1S/C37H22O3/c38-27-11-9-23-17-33-35(19-25(23)13-27)40-36-20-26-14-28(39)12-10-24(26)18-34(36)37(33)31-8-4-3-7-29(31)30-15-21-5-1-2-6-22(21)16-32(30)37/h1-20,38-39H. The van der Waals surface area contributed by atoms with Crippen LogP contribution in [0.15, 0.2) is 121 Å². The van der Waals surface area contributed by atoms with Crippen LogP contribution in [-0.2, 0) is 5.41 Å². The van der Waals surface area contributed by atoms with Crippen molar-refractivity contribution in [3.8, 4) is 34.1 Å². The summed E-state index contributed by atoms with van der Waals surface area (Å²) in [4.78, 5) is 0. The van der Waals surface area contributed by atoms with Crippen LogP contribution in [0.3, 0.4) is 0 Å². The van der Waals surface area contributed by atoms with Crippen molar-refractivity contribution in [1.82, 2.24) is 0 Å². The van der Waals surface area contributed by atoms with Crippen LogP contribution in [0.25, 0.3) is 43.4 Å². The highest BCUT2D eigenvalue weighted by atomic mass is 16.5. The number of hydrogen-bond donors (Lipinski definition) is 2. The molecule has 0 saturated carbocycles. The molecule has 0 saturated heterocycles. The lowest BCUT2D eigenvalue weighted by atomic mass is 9.65. The molecule has 1 spiro atoms. The molecule has 3 nitrogen and oxygen atoms in total. The lowest BCUT2D eigenvalue weighted by molar-refractivity contribution is 0.438. The highest BCUT2D eigenvalue weighted by Gasteiger charge is 2.51. The van der Waals surface area contributed by atoms with Gasteiger partial charge in [-0.05, 0) is 115 Å². The minimum absolute atomic E-state index is 0.225. The van der Waals surface area contributed by atoms with Crippen molar-refractivity contribution < 1.29 is 14.9 Å². The molecule has 0 unspecified atom stereocenters. The van der Waals surface area contributed by atoms with Gasteiger partial charge in [0.05, 0.1) is 5.41 Å². The summed E-state index contributed by atoms with van der Waals surface area (Å²) >= 11 is 0. The number of aromatic hydroxyl groups is 2. The van der Waals surface area contributed by atoms with E-state index in [0.717, 1.165) is 44.2 Å². The molecule has 1 aliphatic carbocycles. The van der Waals surface area contributed by atoms with Crippen LogP contribution in [0, 0.1) is 0 Å². The Kier molecular flexibility index (Phi) is 4.02. The Morgan fingerprint density at radius 3 is 1.57 bits per heavy atom. The van der Waals surface area contributed by atoms with Gasteiger partial charge in [0.1, 0.15) is 23.0 Å². The second-order valence-corrected chi connectivity index (χ2v) is 10.9.